The van der Waals surface area contributed by atoms with Crippen LogP contribution in [0.1, 0.15) is 0 Å². The molecule has 0 aromatic carbocycles. The number of hydrogen-bond acceptors (Lipinski definition) is 4. The lowest BCUT2D eigenvalue weighted by atomic mass is 10.3. The fraction of sp³-hybridized carbons (Fsp3) is 0.500. The maximum Gasteiger partial charge on any atom is 0.293 e. The average Bonchev–Trinajstić information content (AvgIpc) is 2.18. The number of nitrogens with one attached hydrogen (secondary N) is 1. The Morgan fingerprint density at radius 3 is 2.73 bits per heavy atom. The molecule has 2 N–H and O–H groups in total. The number of aliphatic hydroxyl groups excluding tert-OH is 1. The van der Waals surface area contributed by atoms with E-state index in [0.717, 1.165) is 26.4 Å². The first-order valence-electron chi connectivity index (χ1n) is 3.47. The summed E-state index contributed by atoms with van der Waals surface area (Å²) in [5, 5.41) is 13.2. The Morgan fingerprint density at radius 1 is 1.73 bits per heavy atom. The Kier molecular flexibility index (Phi) is 2.55. The van der Waals surface area contributed by atoms with E-state index in [1.165, 1.54) is 0 Å². The molecule has 0 bridgehead atoms. The van der Waals surface area contributed by atoms with Crippen molar-refractivity contribution in [2.75, 3.05) is 14.1 Å². The van der Waals surface area contributed by atoms with Crippen molar-refractivity contribution in [3.63, 3.8) is 0 Å². The van der Waals surface area contributed by atoms with E-state index in [1.807, 2.05) is 25.2 Å². The lowest BCUT2D eigenvalue weighted by molar-refractivity contribution is 0.187. The monoisotopic (exact) mass is 169 g/mol. The van der Waals surface area contributed by atoms with E-state index < -0.39 is 6.23 Å². The number of aliphatic hydroxyl groups is 1. The third-order valence-corrected chi connectivity index (χ3v) is 2.27. The summed E-state index contributed by atoms with van der Waals surface area (Å²) in [4.78, 5) is 1.90. The van der Waals surface area contributed by atoms with Crippen LogP contribution < -0.4 is 5.43 Å². The standard InChI is InChI=1S/C6H10N3O.Al.2H/c1-9(2)4-5-3-7-8-6(5)10;;;/h4,6,8,10H,1-2H3;;;/b5-4-;;;. The van der Waals surface area contributed by atoms with Gasteiger partial charge < -0.3 is 10.0 Å². The molecule has 11 heavy (non-hydrogen) atoms. The molecule has 1 aliphatic rings. The SMILES string of the molecule is CN(C)/C=C1/[C]([AlH2])=NNC1O. The van der Waals surface area contributed by atoms with E-state index in [4.69, 9.17) is 0 Å². The van der Waals surface area contributed by atoms with E-state index >= 15 is 0 Å². The zero-order valence-corrected chi connectivity index (χ0v) is 9.00. The highest BCUT2D eigenvalue weighted by Gasteiger charge is 2.18. The Labute approximate surface area is 74.0 Å². The van der Waals surface area contributed by atoms with Gasteiger partial charge in [0.1, 0.15) is 0 Å². The van der Waals surface area contributed by atoms with E-state index in [9.17, 15) is 5.11 Å². The van der Waals surface area contributed by atoms with E-state index in [-0.39, 0.29) is 0 Å². The number of nitrogens with zero attached hydrogens (tertiary/aromatic N) is 2. The fourth-order valence-electron chi connectivity index (χ4n) is 0.932. The second-order valence-corrected chi connectivity index (χ2v) is 3.72. The maximum atomic E-state index is 9.31. The predicted molar refractivity (Wildman–Crippen MR) is 46.9 cm³/mol. The van der Waals surface area contributed by atoms with Gasteiger partial charge in [-0.3, -0.25) is 5.43 Å². The van der Waals surface area contributed by atoms with E-state index in [2.05, 4.69) is 10.5 Å². The highest BCUT2D eigenvalue weighted by atomic mass is 27.0. The maximum absolute atomic E-state index is 9.31. The van der Waals surface area contributed by atoms with Gasteiger partial charge in [-0.1, -0.05) is 0 Å². The summed E-state index contributed by atoms with van der Waals surface area (Å²) in [6.45, 7) is 0. The van der Waals surface area contributed by atoms with Gasteiger partial charge in [-0.05, 0) is 4.57 Å². The van der Waals surface area contributed by atoms with Crippen LogP contribution in [0.4, 0.5) is 0 Å². The van der Waals surface area contributed by atoms with Crippen molar-refractivity contribution >= 4 is 20.9 Å². The Bertz CT molecular complexity index is 212. The molecular weight excluding hydrogens is 157 g/mol. The Hall–Kier alpha value is -0.498. The summed E-state index contributed by atoms with van der Waals surface area (Å²) in [6, 6.07) is 0. The van der Waals surface area contributed by atoms with Crippen molar-refractivity contribution in [1.29, 1.82) is 0 Å². The molecule has 0 spiro atoms. The third-order valence-electron chi connectivity index (χ3n) is 1.46. The summed E-state index contributed by atoms with van der Waals surface area (Å²) < 4.78 is 0.978. The Balaban J connectivity index is 2.77. The van der Waals surface area contributed by atoms with Crippen LogP contribution in [0.2, 0.25) is 0 Å². The van der Waals surface area contributed by atoms with Gasteiger partial charge in [-0.2, -0.15) is 0 Å². The van der Waals surface area contributed by atoms with Crippen LogP contribution in [-0.4, -0.2) is 51.2 Å². The molecule has 4 nitrogen and oxygen atoms in total. The lowest BCUT2D eigenvalue weighted by Gasteiger charge is -2.10. The summed E-state index contributed by atoms with van der Waals surface area (Å²) in [5.41, 5.74) is 3.50. The molecule has 0 aliphatic carbocycles. The van der Waals surface area contributed by atoms with Crippen LogP contribution in [0, 0.1) is 0 Å². The molecule has 1 rings (SSSR count). The smallest absolute Gasteiger partial charge is 0.293 e. The van der Waals surface area contributed by atoms with Crippen LogP contribution in [0.3, 0.4) is 0 Å². The van der Waals surface area contributed by atoms with Gasteiger partial charge in [0.2, 0.25) is 0 Å². The molecule has 0 fully saturated rings. The van der Waals surface area contributed by atoms with Crippen LogP contribution in [0.5, 0.6) is 0 Å². The quantitative estimate of drug-likeness (QED) is 0.460. The van der Waals surface area contributed by atoms with Gasteiger partial charge >= 0.3 is 0 Å². The van der Waals surface area contributed by atoms with Crippen molar-refractivity contribution in [2.24, 2.45) is 5.10 Å². The third kappa shape index (κ3) is 1.96. The van der Waals surface area contributed by atoms with E-state index in [1.54, 1.807) is 0 Å². The molecule has 5 heteroatoms. The zero-order valence-electron chi connectivity index (χ0n) is 7.00. The van der Waals surface area contributed by atoms with Gasteiger partial charge in [-0.15, -0.1) is 0 Å². The van der Waals surface area contributed by atoms with Crippen LogP contribution >= 0.6 is 0 Å². The molecular formula is C6H12AlN3O. The molecule has 60 valence electrons. The van der Waals surface area contributed by atoms with Crippen molar-refractivity contribution in [1.82, 2.24) is 10.3 Å². The van der Waals surface area contributed by atoms with Gasteiger partial charge in [0.15, 0.2) is 6.23 Å². The topological polar surface area (TPSA) is 47.9 Å². The molecule has 0 saturated carbocycles. The van der Waals surface area contributed by atoms with Crippen molar-refractivity contribution in [2.45, 2.75) is 6.23 Å². The van der Waals surface area contributed by atoms with Crippen molar-refractivity contribution < 1.29 is 5.11 Å². The van der Waals surface area contributed by atoms with Gasteiger partial charge in [0.25, 0.3) is 16.3 Å². The highest BCUT2D eigenvalue weighted by Crippen LogP contribution is 2.07. The van der Waals surface area contributed by atoms with Crippen LogP contribution in [-0.2, 0) is 0 Å². The second-order valence-electron chi connectivity index (χ2n) is 2.78. The predicted octanol–water partition coefficient (Wildman–Crippen LogP) is -1.70. The van der Waals surface area contributed by atoms with Crippen molar-refractivity contribution in [3.05, 3.63) is 11.8 Å². The minimum Gasteiger partial charge on any atom is -0.383 e. The number of rotatable bonds is 1. The molecule has 1 aliphatic heterocycles. The largest absolute Gasteiger partial charge is 0.383 e. The van der Waals surface area contributed by atoms with Gasteiger partial charge in [0, 0.05) is 25.9 Å². The summed E-state index contributed by atoms with van der Waals surface area (Å²) >= 11 is 0.862. The zero-order chi connectivity index (χ0) is 8.43. The number of hydrogen-bond donors (Lipinski definition) is 2. The lowest BCUT2D eigenvalue weighted by Crippen LogP contribution is -2.22. The first-order valence-corrected chi connectivity index (χ1v) is 4.47. The molecule has 1 unspecified atom stereocenters. The second kappa shape index (κ2) is 3.27. The van der Waals surface area contributed by atoms with Gasteiger partial charge in [-0.25, -0.2) is 5.10 Å². The molecule has 0 amide bonds. The van der Waals surface area contributed by atoms with Crippen LogP contribution in [0.15, 0.2) is 16.9 Å². The molecule has 0 saturated heterocycles. The van der Waals surface area contributed by atoms with Crippen LogP contribution in [0.25, 0.3) is 0 Å². The minimum absolute atomic E-state index is 0.607. The average molecular weight is 169 g/mol. The van der Waals surface area contributed by atoms with E-state index in [0.29, 0.717) is 0 Å². The first kappa shape index (κ1) is 8.60. The van der Waals surface area contributed by atoms with Crippen molar-refractivity contribution in [3.8, 4) is 0 Å². The minimum atomic E-state index is -0.607. The highest BCUT2D eigenvalue weighted by molar-refractivity contribution is 6.64. The Morgan fingerprint density at radius 2 is 2.36 bits per heavy atom. The molecule has 1 atom stereocenters. The summed E-state index contributed by atoms with van der Waals surface area (Å²) in [5.74, 6) is 0. The molecule has 1 heterocycles. The molecule has 0 radical (unpaired) electrons. The normalized spacial score (nSPS) is 26.6. The summed E-state index contributed by atoms with van der Waals surface area (Å²) in [7, 11) is 3.85. The first-order chi connectivity index (χ1) is 5.11. The van der Waals surface area contributed by atoms with Gasteiger partial charge in [0.05, 0.1) is 0 Å². The molecule has 0 aromatic rings. The number of hydrazone groups is 1. The fourth-order valence-corrected chi connectivity index (χ4v) is 1.46. The summed E-state index contributed by atoms with van der Waals surface area (Å²) in [6.07, 6.45) is 1.28. The molecule has 0 aromatic heterocycles.